The molecule has 0 bridgehead atoms. The van der Waals surface area contributed by atoms with Crippen molar-refractivity contribution >= 4 is 17.5 Å². The number of hydrogen-bond acceptors (Lipinski definition) is 3. The summed E-state index contributed by atoms with van der Waals surface area (Å²) in [4.78, 5) is 11.4. The standard InChI is InChI=1S/C13H17ClN2O2/c1-15-13(17)12-7-16-11(8-18-12)6-9-2-4-10(14)5-3-9/h2-5,11-12,16H,6-8H2,1H3,(H,15,17)/t11?,12-/m1/s1. The van der Waals surface area contributed by atoms with Crippen LogP contribution in [0, 0.1) is 0 Å². The third-order valence-corrected chi connectivity index (χ3v) is 3.28. The molecule has 1 fully saturated rings. The van der Waals surface area contributed by atoms with Crippen molar-refractivity contribution < 1.29 is 9.53 Å². The summed E-state index contributed by atoms with van der Waals surface area (Å²) in [7, 11) is 1.62. The molecule has 1 aliphatic heterocycles. The number of hydrogen-bond donors (Lipinski definition) is 2. The Morgan fingerprint density at radius 1 is 1.50 bits per heavy atom. The van der Waals surface area contributed by atoms with Crippen molar-refractivity contribution in [3.63, 3.8) is 0 Å². The van der Waals surface area contributed by atoms with Crippen molar-refractivity contribution in [2.75, 3.05) is 20.2 Å². The zero-order valence-corrected chi connectivity index (χ0v) is 11.0. The fourth-order valence-corrected chi connectivity index (χ4v) is 2.12. The molecule has 1 aromatic rings. The van der Waals surface area contributed by atoms with Crippen LogP contribution < -0.4 is 10.6 Å². The van der Waals surface area contributed by atoms with Crippen molar-refractivity contribution in [1.82, 2.24) is 10.6 Å². The second-order valence-corrected chi connectivity index (χ2v) is 4.81. The monoisotopic (exact) mass is 268 g/mol. The summed E-state index contributed by atoms with van der Waals surface area (Å²) in [6.07, 6.45) is 0.494. The highest BCUT2D eigenvalue weighted by atomic mass is 35.5. The number of amides is 1. The molecule has 0 aromatic heterocycles. The minimum Gasteiger partial charge on any atom is -0.365 e. The molecule has 0 radical (unpaired) electrons. The zero-order valence-electron chi connectivity index (χ0n) is 10.3. The Labute approximate surface area is 112 Å². The van der Waals surface area contributed by atoms with Gasteiger partial charge < -0.3 is 15.4 Å². The Morgan fingerprint density at radius 3 is 2.78 bits per heavy atom. The summed E-state index contributed by atoms with van der Waals surface area (Å²) in [5.74, 6) is -0.0764. The van der Waals surface area contributed by atoms with E-state index in [1.165, 1.54) is 5.56 Å². The van der Waals surface area contributed by atoms with E-state index in [2.05, 4.69) is 10.6 Å². The van der Waals surface area contributed by atoms with Gasteiger partial charge in [0.15, 0.2) is 0 Å². The first-order valence-corrected chi connectivity index (χ1v) is 6.38. The van der Waals surface area contributed by atoms with Gasteiger partial charge in [0.05, 0.1) is 6.61 Å². The van der Waals surface area contributed by atoms with Gasteiger partial charge in [-0.25, -0.2) is 0 Å². The van der Waals surface area contributed by atoms with Crippen LogP contribution in [0.2, 0.25) is 5.02 Å². The van der Waals surface area contributed by atoms with Crippen LogP contribution in [0.4, 0.5) is 0 Å². The van der Waals surface area contributed by atoms with Gasteiger partial charge in [0, 0.05) is 24.7 Å². The number of ether oxygens (including phenoxy) is 1. The molecule has 5 heteroatoms. The van der Waals surface area contributed by atoms with Crippen LogP contribution in [-0.2, 0) is 16.0 Å². The highest BCUT2D eigenvalue weighted by Crippen LogP contribution is 2.12. The Morgan fingerprint density at radius 2 is 2.22 bits per heavy atom. The summed E-state index contributed by atoms with van der Waals surface area (Å²) in [5, 5.41) is 6.66. The molecule has 0 saturated carbocycles. The second kappa shape index (κ2) is 6.18. The highest BCUT2D eigenvalue weighted by Gasteiger charge is 2.25. The van der Waals surface area contributed by atoms with E-state index in [0.29, 0.717) is 13.2 Å². The number of rotatable bonds is 3. The van der Waals surface area contributed by atoms with E-state index in [-0.39, 0.29) is 18.1 Å². The lowest BCUT2D eigenvalue weighted by molar-refractivity contribution is -0.135. The Bertz CT molecular complexity index is 400. The van der Waals surface area contributed by atoms with Gasteiger partial charge in [-0.1, -0.05) is 23.7 Å². The molecule has 2 atom stereocenters. The molecular weight excluding hydrogens is 252 g/mol. The minimum atomic E-state index is -0.378. The first-order valence-electron chi connectivity index (χ1n) is 6.00. The molecule has 98 valence electrons. The maximum atomic E-state index is 11.4. The van der Waals surface area contributed by atoms with E-state index in [1.54, 1.807) is 7.05 Å². The van der Waals surface area contributed by atoms with Gasteiger partial charge in [-0.15, -0.1) is 0 Å². The molecule has 2 rings (SSSR count). The van der Waals surface area contributed by atoms with Crippen LogP contribution in [0.15, 0.2) is 24.3 Å². The molecule has 1 aliphatic rings. The number of likely N-dealkylation sites (N-methyl/N-ethyl adjacent to an activating group) is 1. The second-order valence-electron chi connectivity index (χ2n) is 4.37. The summed E-state index contributed by atoms with van der Waals surface area (Å²) in [6, 6.07) is 8.03. The number of halogens is 1. The lowest BCUT2D eigenvalue weighted by Crippen LogP contribution is -2.52. The lowest BCUT2D eigenvalue weighted by atomic mass is 10.1. The van der Waals surface area contributed by atoms with Gasteiger partial charge in [-0.2, -0.15) is 0 Å². The average molecular weight is 269 g/mol. The van der Waals surface area contributed by atoms with E-state index in [4.69, 9.17) is 16.3 Å². The molecule has 1 unspecified atom stereocenters. The van der Waals surface area contributed by atoms with Gasteiger partial charge in [-0.05, 0) is 24.1 Å². The molecule has 2 N–H and O–H groups in total. The molecular formula is C13H17ClN2O2. The fraction of sp³-hybridized carbons (Fsp3) is 0.462. The van der Waals surface area contributed by atoms with Gasteiger partial charge in [0.25, 0.3) is 0 Å². The fourth-order valence-electron chi connectivity index (χ4n) is 1.99. The first-order chi connectivity index (χ1) is 8.69. The topological polar surface area (TPSA) is 50.4 Å². The molecule has 1 saturated heterocycles. The predicted molar refractivity (Wildman–Crippen MR) is 70.8 cm³/mol. The number of benzene rings is 1. The van der Waals surface area contributed by atoms with Gasteiger partial charge >= 0.3 is 0 Å². The van der Waals surface area contributed by atoms with E-state index in [9.17, 15) is 4.79 Å². The van der Waals surface area contributed by atoms with Gasteiger partial charge in [-0.3, -0.25) is 4.79 Å². The van der Waals surface area contributed by atoms with Crippen molar-refractivity contribution in [3.8, 4) is 0 Å². The minimum absolute atomic E-state index is 0.0764. The highest BCUT2D eigenvalue weighted by molar-refractivity contribution is 6.30. The van der Waals surface area contributed by atoms with Crippen molar-refractivity contribution in [3.05, 3.63) is 34.9 Å². The quantitative estimate of drug-likeness (QED) is 0.860. The van der Waals surface area contributed by atoms with Crippen molar-refractivity contribution in [2.45, 2.75) is 18.6 Å². The molecule has 4 nitrogen and oxygen atoms in total. The number of carbonyl (C=O) groups excluding carboxylic acids is 1. The Balaban J connectivity index is 1.83. The number of morpholine rings is 1. The van der Waals surface area contributed by atoms with Gasteiger partial charge in [0.2, 0.25) is 5.91 Å². The molecule has 1 heterocycles. The maximum absolute atomic E-state index is 11.4. The normalized spacial score (nSPS) is 23.7. The summed E-state index contributed by atoms with van der Waals surface area (Å²) in [5.41, 5.74) is 1.21. The lowest BCUT2D eigenvalue weighted by Gasteiger charge is -2.29. The SMILES string of the molecule is CNC(=O)[C@H]1CNC(Cc2ccc(Cl)cc2)CO1. The molecule has 0 spiro atoms. The van der Waals surface area contributed by atoms with Crippen LogP contribution in [0.5, 0.6) is 0 Å². The summed E-state index contributed by atoms with van der Waals surface area (Å²) < 4.78 is 5.54. The van der Waals surface area contributed by atoms with Crippen molar-refractivity contribution in [2.24, 2.45) is 0 Å². The van der Waals surface area contributed by atoms with Crippen LogP contribution in [0.3, 0.4) is 0 Å². The first kappa shape index (κ1) is 13.3. The largest absolute Gasteiger partial charge is 0.365 e. The van der Waals surface area contributed by atoms with Crippen LogP contribution in [-0.4, -0.2) is 38.3 Å². The molecule has 0 aliphatic carbocycles. The Kier molecular flexibility index (Phi) is 4.58. The Hall–Kier alpha value is -1.10. The van der Waals surface area contributed by atoms with Crippen LogP contribution in [0.25, 0.3) is 0 Å². The molecule has 1 amide bonds. The predicted octanol–water partition coefficient (Wildman–Crippen LogP) is 0.986. The number of nitrogens with one attached hydrogen (secondary N) is 2. The van der Waals surface area contributed by atoms with E-state index in [1.807, 2.05) is 24.3 Å². The zero-order chi connectivity index (χ0) is 13.0. The molecule has 18 heavy (non-hydrogen) atoms. The van der Waals surface area contributed by atoms with E-state index >= 15 is 0 Å². The van der Waals surface area contributed by atoms with Gasteiger partial charge in [0.1, 0.15) is 6.10 Å². The average Bonchev–Trinajstić information content (AvgIpc) is 2.41. The van der Waals surface area contributed by atoms with E-state index in [0.717, 1.165) is 11.4 Å². The van der Waals surface area contributed by atoms with Crippen LogP contribution >= 0.6 is 11.6 Å². The smallest absolute Gasteiger partial charge is 0.250 e. The third-order valence-electron chi connectivity index (χ3n) is 3.02. The molecule has 1 aromatic carbocycles. The maximum Gasteiger partial charge on any atom is 0.250 e. The summed E-state index contributed by atoms with van der Waals surface area (Å²) in [6.45, 7) is 1.10. The van der Waals surface area contributed by atoms with E-state index < -0.39 is 0 Å². The van der Waals surface area contributed by atoms with Crippen molar-refractivity contribution in [1.29, 1.82) is 0 Å². The van der Waals surface area contributed by atoms with Crippen LogP contribution in [0.1, 0.15) is 5.56 Å². The third kappa shape index (κ3) is 3.45. The number of carbonyl (C=O) groups is 1. The summed E-state index contributed by atoms with van der Waals surface area (Å²) >= 11 is 5.84.